The molecule has 0 bridgehead atoms. The van der Waals surface area contributed by atoms with E-state index in [-0.39, 0.29) is 6.42 Å². The Hall–Kier alpha value is -1.97. The van der Waals surface area contributed by atoms with Crippen LogP contribution in [-0.4, -0.2) is 18.2 Å². The minimum absolute atomic E-state index is 0.0709. The summed E-state index contributed by atoms with van der Waals surface area (Å²) in [6, 6.07) is 7.76. The Morgan fingerprint density at radius 2 is 1.89 bits per heavy atom. The molecule has 0 aliphatic rings. The maximum Gasteiger partial charge on any atom is 0.307 e. The zero-order valence-corrected chi connectivity index (χ0v) is 11.0. The van der Waals surface area contributed by atoms with Gasteiger partial charge in [-0.3, -0.25) is 4.79 Å². The van der Waals surface area contributed by atoms with Gasteiger partial charge in [-0.25, -0.2) is 0 Å². The fourth-order valence-electron chi connectivity index (χ4n) is 1.49. The minimum Gasteiger partial charge on any atom is -0.497 e. The molecule has 1 rings (SSSR count). The average Bonchev–Trinajstić information content (AvgIpc) is 2.35. The lowest BCUT2D eigenvalue weighted by Crippen LogP contribution is -2.13. The molecule has 0 unspecified atom stereocenters. The Morgan fingerprint density at radius 3 is 2.39 bits per heavy atom. The first kappa shape index (κ1) is 14.1. The number of carboxylic acid groups (broad SMARTS) is 1. The second-order valence-electron chi connectivity index (χ2n) is 4.18. The van der Waals surface area contributed by atoms with Crippen LogP contribution in [0.5, 0.6) is 5.75 Å². The lowest BCUT2D eigenvalue weighted by molar-refractivity contribution is -0.136. The summed E-state index contributed by atoms with van der Waals surface area (Å²) >= 11 is 0. The van der Waals surface area contributed by atoms with Crippen molar-refractivity contribution in [3.05, 3.63) is 41.1 Å². The maximum absolute atomic E-state index is 10.6. The monoisotopic (exact) mass is 249 g/mol. The Bertz CT molecular complexity index is 435. The summed E-state index contributed by atoms with van der Waals surface area (Å²) in [5, 5.41) is 11.9. The number of allylic oxidation sites excluding steroid dienone is 1. The molecule has 0 amide bonds. The number of nitrogens with one attached hydrogen (secondary N) is 1. The maximum atomic E-state index is 10.6. The molecule has 0 aliphatic heterocycles. The minimum atomic E-state index is -0.807. The van der Waals surface area contributed by atoms with Crippen molar-refractivity contribution in [1.82, 2.24) is 5.32 Å². The lowest BCUT2D eigenvalue weighted by atomic mass is 10.1. The second kappa shape index (κ2) is 6.69. The molecule has 2 N–H and O–H groups in total. The summed E-state index contributed by atoms with van der Waals surface area (Å²) in [6.07, 6.45) is 0.0709. The molecule has 0 aromatic heterocycles. The van der Waals surface area contributed by atoms with E-state index in [1.54, 1.807) is 7.11 Å². The molecule has 0 fully saturated rings. The molecule has 18 heavy (non-hydrogen) atoms. The van der Waals surface area contributed by atoms with Crippen LogP contribution in [0.4, 0.5) is 0 Å². The van der Waals surface area contributed by atoms with Crippen molar-refractivity contribution in [3.63, 3.8) is 0 Å². The highest BCUT2D eigenvalue weighted by Crippen LogP contribution is 2.12. The molecule has 0 saturated heterocycles. The van der Waals surface area contributed by atoms with Gasteiger partial charge in [0.1, 0.15) is 5.75 Å². The third kappa shape index (κ3) is 4.49. The van der Waals surface area contributed by atoms with Crippen molar-refractivity contribution in [3.8, 4) is 5.75 Å². The van der Waals surface area contributed by atoms with Crippen LogP contribution < -0.4 is 10.1 Å². The highest BCUT2D eigenvalue weighted by Gasteiger charge is 2.02. The molecule has 0 atom stereocenters. The lowest BCUT2D eigenvalue weighted by Gasteiger charge is -2.10. The molecular weight excluding hydrogens is 230 g/mol. The summed E-state index contributed by atoms with van der Waals surface area (Å²) < 4.78 is 5.08. The van der Waals surface area contributed by atoms with Crippen molar-refractivity contribution in [1.29, 1.82) is 0 Å². The number of hydrogen-bond donors (Lipinski definition) is 2. The topological polar surface area (TPSA) is 58.6 Å². The summed E-state index contributed by atoms with van der Waals surface area (Å²) in [7, 11) is 1.63. The molecule has 0 spiro atoms. The van der Waals surface area contributed by atoms with Crippen LogP contribution in [0.2, 0.25) is 0 Å². The summed E-state index contributed by atoms with van der Waals surface area (Å²) in [6.45, 7) is 4.39. The molecule has 0 heterocycles. The number of benzene rings is 1. The van der Waals surface area contributed by atoms with Gasteiger partial charge in [0.05, 0.1) is 13.5 Å². The van der Waals surface area contributed by atoms with Crippen LogP contribution in [-0.2, 0) is 11.3 Å². The fraction of sp³-hybridized carbons (Fsp3) is 0.357. The largest absolute Gasteiger partial charge is 0.497 e. The van der Waals surface area contributed by atoms with E-state index in [1.165, 1.54) is 0 Å². The smallest absolute Gasteiger partial charge is 0.307 e. The third-order valence-corrected chi connectivity index (χ3v) is 2.77. The van der Waals surface area contributed by atoms with E-state index >= 15 is 0 Å². The second-order valence-corrected chi connectivity index (χ2v) is 4.18. The molecule has 4 nitrogen and oxygen atoms in total. The zero-order chi connectivity index (χ0) is 13.5. The molecule has 0 radical (unpaired) electrons. The van der Waals surface area contributed by atoms with E-state index in [0.29, 0.717) is 6.54 Å². The summed E-state index contributed by atoms with van der Waals surface area (Å²) in [5.74, 6) is 0.0196. The first-order valence-electron chi connectivity index (χ1n) is 5.78. The van der Waals surface area contributed by atoms with Gasteiger partial charge in [0, 0.05) is 12.2 Å². The molecule has 0 aliphatic carbocycles. The number of carboxylic acids is 1. The predicted molar refractivity (Wildman–Crippen MR) is 70.5 cm³/mol. The number of hydrogen-bond acceptors (Lipinski definition) is 3. The normalized spacial score (nSPS) is 11.7. The number of carbonyl (C=O) groups is 1. The number of ether oxygens (including phenoxy) is 1. The molecular formula is C14H19NO3. The Labute approximate surface area is 107 Å². The Kier molecular flexibility index (Phi) is 5.24. The van der Waals surface area contributed by atoms with E-state index in [4.69, 9.17) is 9.84 Å². The molecule has 4 heteroatoms. The number of methoxy groups -OCH3 is 1. The van der Waals surface area contributed by atoms with Crippen LogP contribution in [0.15, 0.2) is 35.5 Å². The van der Waals surface area contributed by atoms with Gasteiger partial charge >= 0.3 is 5.97 Å². The molecule has 1 aromatic rings. The van der Waals surface area contributed by atoms with E-state index in [9.17, 15) is 4.79 Å². The SMILES string of the molecule is COc1ccc(CN/C(C)=C(\C)CC(=O)O)cc1. The van der Waals surface area contributed by atoms with Crippen molar-refractivity contribution >= 4 is 5.97 Å². The van der Waals surface area contributed by atoms with Crippen molar-refractivity contribution in [2.45, 2.75) is 26.8 Å². The Morgan fingerprint density at radius 1 is 1.28 bits per heavy atom. The first-order valence-corrected chi connectivity index (χ1v) is 5.78. The average molecular weight is 249 g/mol. The standard InChI is InChI=1S/C14H19NO3/c1-10(8-14(16)17)11(2)15-9-12-4-6-13(18-3)7-5-12/h4-7,15H,8-9H2,1-3H3,(H,16,17)/b11-10+. The van der Waals surface area contributed by atoms with Gasteiger partial charge in [-0.1, -0.05) is 12.1 Å². The van der Waals surface area contributed by atoms with Gasteiger partial charge in [-0.15, -0.1) is 0 Å². The van der Waals surface area contributed by atoms with Gasteiger partial charge in [0.25, 0.3) is 0 Å². The van der Waals surface area contributed by atoms with Gasteiger partial charge in [0.15, 0.2) is 0 Å². The molecule has 98 valence electrons. The van der Waals surface area contributed by atoms with Crippen molar-refractivity contribution < 1.29 is 14.6 Å². The van der Waals surface area contributed by atoms with Crippen LogP contribution in [0.1, 0.15) is 25.8 Å². The summed E-state index contributed by atoms with van der Waals surface area (Å²) in [5.41, 5.74) is 2.88. The van der Waals surface area contributed by atoms with Crippen LogP contribution in [0.3, 0.4) is 0 Å². The van der Waals surface area contributed by atoms with E-state index in [2.05, 4.69) is 5.32 Å². The van der Waals surface area contributed by atoms with Crippen LogP contribution in [0, 0.1) is 0 Å². The van der Waals surface area contributed by atoms with Crippen LogP contribution in [0.25, 0.3) is 0 Å². The first-order chi connectivity index (χ1) is 8.52. The molecule has 1 aromatic carbocycles. The van der Waals surface area contributed by atoms with Gasteiger partial charge in [-0.2, -0.15) is 0 Å². The Balaban J connectivity index is 2.55. The third-order valence-electron chi connectivity index (χ3n) is 2.77. The number of rotatable bonds is 6. The predicted octanol–water partition coefficient (Wildman–Crippen LogP) is 2.55. The van der Waals surface area contributed by atoms with E-state index < -0.39 is 5.97 Å². The zero-order valence-electron chi connectivity index (χ0n) is 11.0. The summed E-state index contributed by atoms with van der Waals surface area (Å²) in [4.78, 5) is 10.6. The van der Waals surface area contributed by atoms with Gasteiger partial charge < -0.3 is 15.2 Å². The van der Waals surface area contributed by atoms with Gasteiger partial charge in [0.2, 0.25) is 0 Å². The number of aliphatic carboxylic acids is 1. The van der Waals surface area contributed by atoms with Gasteiger partial charge in [-0.05, 0) is 37.1 Å². The molecule has 0 saturated carbocycles. The van der Waals surface area contributed by atoms with E-state index in [1.807, 2.05) is 38.1 Å². The highest BCUT2D eigenvalue weighted by atomic mass is 16.5. The van der Waals surface area contributed by atoms with Crippen molar-refractivity contribution in [2.24, 2.45) is 0 Å². The fourth-order valence-corrected chi connectivity index (χ4v) is 1.49. The van der Waals surface area contributed by atoms with Crippen LogP contribution >= 0.6 is 0 Å². The highest BCUT2D eigenvalue weighted by molar-refractivity contribution is 5.70. The van der Waals surface area contributed by atoms with Crippen molar-refractivity contribution in [2.75, 3.05) is 7.11 Å². The quantitative estimate of drug-likeness (QED) is 0.813. The van der Waals surface area contributed by atoms with E-state index in [0.717, 1.165) is 22.6 Å².